The number of carbonyl (C=O) groups excluding carboxylic acids is 1. The molecule has 146 valence electrons. The lowest BCUT2D eigenvalue weighted by Gasteiger charge is -2.17. The SMILES string of the molecule is CCC(Oc1ccccc1)C(=O)Nc1ccc(S(=O)(=O)Nc2nccs2)cc1. The average Bonchev–Trinajstić information content (AvgIpc) is 3.19. The molecule has 0 bridgehead atoms. The Hall–Kier alpha value is -2.91. The van der Waals surface area contributed by atoms with Crippen molar-refractivity contribution in [1.82, 2.24) is 4.98 Å². The number of ether oxygens (including phenoxy) is 1. The van der Waals surface area contributed by atoms with Crippen molar-refractivity contribution < 1.29 is 17.9 Å². The first-order valence-electron chi connectivity index (χ1n) is 8.53. The van der Waals surface area contributed by atoms with E-state index in [1.807, 2.05) is 25.1 Å². The second-order valence-corrected chi connectivity index (χ2v) is 8.36. The summed E-state index contributed by atoms with van der Waals surface area (Å²) in [5.41, 5.74) is 0.480. The predicted octanol–water partition coefficient (Wildman–Crippen LogP) is 3.74. The van der Waals surface area contributed by atoms with Crippen molar-refractivity contribution in [3.63, 3.8) is 0 Å². The van der Waals surface area contributed by atoms with Gasteiger partial charge in [0, 0.05) is 17.3 Å². The van der Waals surface area contributed by atoms with E-state index in [1.54, 1.807) is 17.5 Å². The summed E-state index contributed by atoms with van der Waals surface area (Å²) in [6.07, 6.45) is 1.35. The normalized spacial score (nSPS) is 12.2. The van der Waals surface area contributed by atoms with Gasteiger partial charge in [0.05, 0.1) is 4.90 Å². The lowest BCUT2D eigenvalue weighted by Crippen LogP contribution is -2.32. The van der Waals surface area contributed by atoms with Crippen LogP contribution in [0.15, 0.2) is 71.1 Å². The standard InChI is InChI=1S/C19H19N3O4S2/c1-2-17(26-15-6-4-3-5-7-15)18(23)21-14-8-10-16(11-9-14)28(24,25)22-19-20-12-13-27-19/h3-13,17H,2H2,1H3,(H,20,22)(H,21,23). The van der Waals surface area contributed by atoms with Gasteiger partial charge >= 0.3 is 0 Å². The summed E-state index contributed by atoms with van der Waals surface area (Å²) < 4.78 is 32.8. The van der Waals surface area contributed by atoms with Crippen molar-refractivity contribution in [1.29, 1.82) is 0 Å². The van der Waals surface area contributed by atoms with Crippen LogP contribution in [0.2, 0.25) is 0 Å². The predicted molar refractivity (Wildman–Crippen MR) is 109 cm³/mol. The Morgan fingerprint density at radius 3 is 2.46 bits per heavy atom. The minimum Gasteiger partial charge on any atom is -0.481 e. The number of aromatic nitrogens is 1. The minimum atomic E-state index is -3.73. The molecule has 0 spiro atoms. The lowest BCUT2D eigenvalue weighted by atomic mass is 10.2. The fraction of sp³-hybridized carbons (Fsp3) is 0.158. The van der Waals surface area contributed by atoms with E-state index in [9.17, 15) is 13.2 Å². The number of amides is 1. The summed E-state index contributed by atoms with van der Waals surface area (Å²) in [5.74, 6) is 0.307. The van der Waals surface area contributed by atoms with Gasteiger partial charge in [-0.3, -0.25) is 9.52 Å². The number of benzene rings is 2. The highest BCUT2D eigenvalue weighted by molar-refractivity contribution is 7.93. The number of carbonyl (C=O) groups is 1. The molecule has 3 rings (SSSR count). The van der Waals surface area contributed by atoms with Gasteiger partial charge in [0.15, 0.2) is 11.2 Å². The molecule has 0 radical (unpaired) electrons. The lowest BCUT2D eigenvalue weighted by molar-refractivity contribution is -0.122. The van der Waals surface area contributed by atoms with Crippen LogP contribution in [0.3, 0.4) is 0 Å². The summed E-state index contributed by atoms with van der Waals surface area (Å²) in [7, 11) is -3.73. The molecule has 7 nitrogen and oxygen atoms in total. The first kappa shape index (κ1) is 19.8. The minimum absolute atomic E-state index is 0.0771. The van der Waals surface area contributed by atoms with Gasteiger partial charge < -0.3 is 10.1 Å². The molecule has 2 aromatic carbocycles. The van der Waals surface area contributed by atoms with Crippen LogP contribution < -0.4 is 14.8 Å². The van der Waals surface area contributed by atoms with Crippen LogP contribution >= 0.6 is 11.3 Å². The molecule has 2 N–H and O–H groups in total. The molecule has 9 heteroatoms. The molecule has 1 amide bonds. The molecule has 28 heavy (non-hydrogen) atoms. The number of thiazole rings is 1. The van der Waals surface area contributed by atoms with E-state index < -0.39 is 16.1 Å². The van der Waals surface area contributed by atoms with Crippen LogP contribution in [0.4, 0.5) is 10.8 Å². The van der Waals surface area contributed by atoms with Crippen molar-refractivity contribution in [3.8, 4) is 5.75 Å². The van der Waals surface area contributed by atoms with E-state index in [-0.39, 0.29) is 10.8 Å². The first-order chi connectivity index (χ1) is 13.5. The van der Waals surface area contributed by atoms with Gasteiger partial charge in [-0.2, -0.15) is 0 Å². The molecule has 1 unspecified atom stereocenters. The monoisotopic (exact) mass is 417 g/mol. The van der Waals surface area contributed by atoms with Gasteiger partial charge in [-0.05, 0) is 42.8 Å². The fourth-order valence-corrected chi connectivity index (χ4v) is 4.16. The average molecular weight is 418 g/mol. The zero-order valence-corrected chi connectivity index (χ0v) is 16.7. The number of anilines is 2. The van der Waals surface area contributed by atoms with Crippen LogP contribution in [0.25, 0.3) is 0 Å². The number of hydrogen-bond acceptors (Lipinski definition) is 6. The van der Waals surface area contributed by atoms with Crippen LogP contribution in [0.1, 0.15) is 13.3 Å². The maximum Gasteiger partial charge on any atom is 0.265 e. The molecule has 0 aliphatic rings. The van der Waals surface area contributed by atoms with Gasteiger partial charge in [0.2, 0.25) is 0 Å². The molecule has 0 saturated heterocycles. The van der Waals surface area contributed by atoms with Crippen LogP contribution in [0.5, 0.6) is 5.75 Å². The molecular formula is C19H19N3O4S2. The summed E-state index contributed by atoms with van der Waals surface area (Å²) >= 11 is 1.19. The third-order valence-corrected chi connectivity index (χ3v) is 5.94. The van der Waals surface area contributed by atoms with E-state index in [0.29, 0.717) is 23.0 Å². The smallest absolute Gasteiger partial charge is 0.265 e. The van der Waals surface area contributed by atoms with Crippen LogP contribution in [-0.4, -0.2) is 25.4 Å². The van der Waals surface area contributed by atoms with Crippen molar-refractivity contribution in [2.45, 2.75) is 24.3 Å². The molecule has 1 aromatic heterocycles. The van der Waals surface area contributed by atoms with E-state index in [4.69, 9.17) is 4.74 Å². The van der Waals surface area contributed by atoms with E-state index in [2.05, 4.69) is 15.0 Å². The number of hydrogen-bond donors (Lipinski definition) is 2. The molecule has 0 fully saturated rings. The Labute approximate surface area is 167 Å². The summed E-state index contributed by atoms with van der Waals surface area (Å²) in [6, 6.07) is 15.0. The van der Waals surface area contributed by atoms with Crippen molar-refractivity contribution in [2.75, 3.05) is 10.0 Å². The van der Waals surface area contributed by atoms with E-state index in [0.717, 1.165) is 0 Å². The topological polar surface area (TPSA) is 97.4 Å². The Bertz CT molecular complexity index is 1010. The van der Waals surface area contributed by atoms with Gasteiger partial charge in [-0.25, -0.2) is 13.4 Å². The van der Waals surface area contributed by atoms with Crippen molar-refractivity contribution in [2.24, 2.45) is 0 Å². The van der Waals surface area contributed by atoms with E-state index >= 15 is 0 Å². The fourth-order valence-electron chi connectivity index (χ4n) is 2.37. The van der Waals surface area contributed by atoms with E-state index in [1.165, 1.54) is 41.8 Å². The van der Waals surface area contributed by atoms with Crippen molar-refractivity contribution in [3.05, 3.63) is 66.2 Å². The van der Waals surface area contributed by atoms with Crippen molar-refractivity contribution >= 4 is 38.1 Å². The summed E-state index contributed by atoms with van der Waals surface area (Å²) in [5, 5.41) is 4.72. The zero-order chi connectivity index (χ0) is 20.0. The second kappa shape index (κ2) is 8.85. The molecule has 0 aliphatic heterocycles. The molecule has 1 heterocycles. The number of nitrogens with zero attached hydrogens (tertiary/aromatic N) is 1. The number of sulfonamides is 1. The Balaban J connectivity index is 1.65. The maximum absolute atomic E-state index is 12.5. The Kier molecular flexibility index (Phi) is 6.27. The van der Waals surface area contributed by atoms with Crippen LogP contribution in [0, 0.1) is 0 Å². The highest BCUT2D eigenvalue weighted by atomic mass is 32.2. The Morgan fingerprint density at radius 1 is 1.14 bits per heavy atom. The van der Waals surface area contributed by atoms with Gasteiger partial charge in [0.1, 0.15) is 5.75 Å². The summed E-state index contributed by atoms with van der Waals surface area (Å²) in [4.78, 5) is 16.4. The van der Waals surface area contributed by atoms with Gasteiger partial charge in [-0.15, -0.1) is 11.3 Å². The second-order valence-electron chi connectivity index (χ2n) is 5.78. The summed E-state index contributed by atoms with van der Waals surface area (Å²) in [6.45, 7) is 1.85. The van der Waals surface area contributed by atoms with Gasteiger partial charge in [-0.1, -0.05) is 25.1 Å². The molecule has 3 aromatic rings. The molecular weight excluding hydrogens is 398 g/mol. The number of nitrogens with one attached hydrogen (secondary N) is 2. The quantitative estimate of drug-likeness (QED) is 0.582. The Morgan fingerprint density at radius 2 is 1.86 bits per heavy atom. The number of para-hydroxylation sites is 1. The number of rotatable bonds is 8. The third-order valence-electron chi connectivity index (χ3n) is 3.77. The first-order valence-corrected chi connectivity index (χ1v) is 10.9. The zero-order valence-electron chi connectivity index (χ0n) is 15.0. The molecule has 0 saturated carbocycles. The largest absolute Gasteiger partial charge is 0.481 e. The van der Waals surface area contributed by atoms with Gasteiger partial charge in [0.25, 0.3) is 15.9 Å². The molecule has 0 aliphatic carbocycles. The third kappa shape index (κ3) is 5.08. The maximum atomic E-state index is 12.5. The van der Waals surface area contributed by atoms with Crippen LogP contribution in [-0.2, 0) is 14.8 Å². The molecule has 1 atom stereocenters. The highest BCUT2D eigenvalue weighted by Gasteiger charge is 2.19. The highest BCUT2D eigenvalue weighted by Crippen LogP contribution is 2.20.